The fourth-order valence-corrected chi connectivity index (χ4v) is 6.09. The number of sulfonamides is 1. The maximum atomic E-state index is 12.7. The van der Waals surface area contributed by atoms with Gasteiger partial charge in [-0.2, -0.15) is 0 Å². The van der Waals surface area contributed by atoms with Gasteiger partial charge in [0.2, 0.25) is 10.0 Å². The van der Waals surface area contributed by atoms with Crippen LogP contribution in [-0.2, 0) is 16.6 Å². The van der Waals surface area contributed by atoms with E-state index >= 15 is 0 Å². The molecule has 6 nitrogen and oxygen atoms in total. The van der Waals surface area contributed by atoms with Gasteiger partial charge in [-0.1, -0.05) is 35.0 Å². The van der Waals surface area contributed by atoms with Crippen molar-refractivity contribution in [2.75, 3.05) is 19.6 Å². The number of likely N-dealkylation sites (tertiary alicyclic amines) is 1. The first-order valence-electron chi connectivity index (χ1n) is 10.2. The summed E-state index contributed by atoms with van der Waals surface area (Å²) in [6.45, 7) is 7.37. The van der Waals surface area contributed by atoms with Crippen molar-refractivity contribution in [2.24, 2.45) is 5.92 Å². The van der Waals surface area contributed by atoms with Crippen molar-refractivity contribution in [3.63, 3.8) is 0 Å². The fourth-order valence-electron chi connectivity index (χ4n) is 3.68. The number of nitrogens with zero attached hydrogens (tertiary/aromatic N) is 2. The molecule has 0 saturated carbocycles. The molecule has 0 spiro atoms. The highest BCUT2D eigenvalue weighted by Crippen LogP contribution is 2.31. The molecule has 3 aromatic rings. The zero-order valence-corrected chi connectivity index (χ0v) is 18.9. The van der Waals surface area contributed by atoms with Gasteiger partial charge >= 0.3 is 0 Å². The van der Waals surface area contributed by atoms with Gasteiger partial charge in [0.15, 0.2) is 5.76 Å². The fraction of sp³-hybridized carbons (Fsp3) is 0.409. The first-order chi connectivity index (χ1) is 14.4. The molecule has 1 aromatic carbocycles. The topological polar surface area (TPSA) is 75.4 Å². The molecular formula is C22H27N3O3S2. The lowest BCUT2D eigenvalue weighted by atomic mass is 9.97. The highest BCUT2D eigenvalue weighted by Gasteiger charge is 2.23. The summed E-state index contributed by atoms with van der Waals surface area (Å²) in [4.78, 5) is 3.21. The number of hydrogen-bond acceptors (Lipinski definition) is 6. The van der Waals surface area contributed by atoms with Gasteiger partial charge in [0.05, 0.1) is 10.6 Å². The van der Waals surface area contributed by atoms with Crippen LogP contribution in [0.3, 0.4) is 0 Å². The Kier molecular flexibility index (Phi) is 6.38. The van der Waals surface area contributed by atoms with Gasteiger partial charge in [-0.25, -0.2) is 13.1 Å². The van der Waals surface area contributed by atoms with E-state index in [-0.39, 0.29) is 0 Å². The molecule has 0 amide bonds. The smallest absolute Gasteiger partial charge is 0.250 e. The second kappa shape index (κ2) is 9.01. The van der Waals surface area contributed by atoms with Crippen molar-refractivity contribution in [1.29, 1.82) is 0 Å². The minimum atomic E-state index is -3.51. The van der Waals surface area contributed by atoms with Crippen LogP contribution >= 0.6 is 11.3 Å². The highest BCUT2D eigenvalue weighted by atomic mass is 32.2. The minimum Gasteiger partial charge on any atom is -0.355 e. The average molecular weight is 446 g/mol. The molecule has 0 atom stereocenters. The first-order valence-corrected chi connectivity index (χ1v) is 12.5. The van der Waals surface area contributed by atoms with Crippen molar-refractivity contribution in [1.82, 2.24) is 14.8 Å². The van der Waals surface area contributed by atoms with E-state index in [4.69, 9.17) is 4.52 Å². The summed E-state index contributed by atoms with van der Waals surface area (Å²) in [7, 11) is -3.51. The molecular weight excluding hydrogens is 418 g/mol. The van der Waals surface area contributed by atoms with Gasteiger partial charge in [0.1, 0.15) is 4.21 Å². The van der Waals surface area contributed by atoms with E-state index in [2.05, 4.69) is 46.0 Å². The quantitative estimate of drug-likeness (QED) is 0.590. The van der Waals surface area contributed by atoms with Crippen molar-refractivity contribution in [3.8, 4) is 10.6 Å². The molecule has 30 heavy (non-hydrogen) atoms. The van der Waals surface area contributed by atoms with Gasteiger partial charge < -0.3 is 4.52 Å². The van der Waals surface area contributed by atoms with Crippen LogP contribution in [0.5, 0.6) is 0 Å². The Balaban J connectivity index is 1.27. The predicted molar refractivity (Wildman–Crippen MR) is 119 cm³/mol. The van der Waals surface area contributed by atoms with Gasteiger partial charge in [0.25, 0.3) is 0 Å². The third kappa shape index (κ3) is 5.18. The molecule has 1 fully saturated rings. The molecule has 0 aliphatic carbocycles. The highest BCUT2D eigenvalue weighted by molar-refractivity contribution is 7.91. The summed E-state index contributed by atoms with van der Waals surface area (Å²) in [5.74, 6) is 0.963. The van der Waals surface area contributed by atoms with Crippen molar-refractivity contribution in [2.45, 2.75) is 37.4 Å². The van der Waals surface area contributed by atoms with Crippen LogP contribution in [0.4, 0.5) is 0 Å². The van der Waals surface area contributed by atoms with Gasteiger partial charge in [-0.15, -0.1) is 11.3 Å². The first kappa shape index (κ1) is 21.2. The van der Waals surface area contributed by atoms with Crippen molar-refractivity contribution in [3.05, 3.63) is 59.3 Å². The van der Waals surface area contributed by atoms with E-state index in [1.165, 1.54) is 22.5 Å². The standard InChI is InChI=1S/C22H27N3O3S2/c1-16-3-5-19(6-4-16)15-25-11-9-18(10-12-25)14-23-30(26,27)22-8-7-21(29-22)20-13-17(2)24-28-20/h3-8,13,18,23H,9-12,14-15H2,1-2H3. The Bertz CT molecular complexity index is 1080. The summed E-state index contributed by atoms with van der Waals surface area (Å²) in [5.41, 5.74) is 3.38. The van der Waals surface area contributed by atoms with Gasteiger partial charge in [-0.05, 0) is 63.4 Å². The van der Waals surface area contributed by atoms with Crippen molar-refractivity contribution >= 4 is 21.4 Å². The summed E-state index contributed by atoms with van der Waals surface area (Å²) in [5, 5.41) is 3.86. The van der Waals surface area contributed by atoms with Crippen LogP contribution in [0.15, 0.2) is 51.2 Å². The molecule has 1 saturated heterocycles. The predicted octanol–water partition coefficient (Wildman–Crippen LogP) is 4.21. The van der Waals surface area contributed by atoms with Crippen LogP contribution < -0.4 is 4.72 Å². The number of aryl methyl sites for hydroxylation is 2. The van der Waals surface area contributed by atoms with Crippen LogP contribution in [0.2, 0.25) is 0 Å². The summed E-state index contributed by atoms with van der Waals surface area (Å²) < 4.78 is 33.7. The molecule has 0 unspecified atom stereocenters. The lowest BCUT2D eigenvalue weighted by molar-refractivity contribution is 0.178. The Morgan fingerprint density at radius 1 is 1.13 bits per heavy atom. The molecule has 160 valence electrons. The zero-order chi connectivity index (χ0) is 21.1. The third-order valence-corrected chi connectivity index (χ3v) is 8.53. The lowest BCUT2D eigenvalue weighted by Crippen LogP contribution is -2.38. The maximum absolute atomic E-state index is 12.7. The molecule has 1 aliphatic heterocycles. The molecule has 0 radical (unpaired) electrons. The Morgan fingerprint density at radius 2 is 1.87 bits per heavy atom. The summed E-state index contributed by atoms with van der Waals surface area (Å²) in [6.07, 6.45) is 2.00. The molecule has 1 aliphatic rings. The van der Waals surface area contributed by atoms with E-state index in [0.717, 1.165) is 43.0 Å². The maximum Gasteiger partial charge on any atom is 0.250 e. The zero-order valence-electron chi connectivity index (χ0n) is 17.3. The normalized spacial score (nSPS) is 16.2. The molecule has 1 N–H and O–H groups in total. The van der Waals surface area contributed by atoms with E-state index in [0.29, 0.717) is 22.4 Å². The van der Waals surface area contributed by atoms with Crippen LogP contribution in [-0.4, -0.2) is 38.1 Å². The summed E-state index contributed by atoms with van der Waals surface area (Å²) in [6, 6.07) is 13.9. The monoisotopic (exact) mass is 445 g/mol. The Morgan fingerprint density at radius 3 is 2.53 bits per heavy atom. The van der Waals surface area contributed by atoms with E-state index in [9.17, 15) is 8.42 Å². The van der Waals surface area contributed by atoms with Crippen LogP contribution in [0.25, 0.3) is 10.6 Å². The number of nitrogens with one attached hydrogen (secondary N) is 1. The minimum absolute atomic E-state index is 0.309. The second-order valence-electron chi connectivity index (χ2n) is 8.01. The number of hydrogen-bond donors (Lipinski definition) is 1. The lowest BCUT2D eigenvalue weighted by Gasteiger charge is -2.32. The van der Waals surface area contributed by atoms with E-state index < -0.39 is 10.0 Å². The number of piperidine rings is 1. The van der Waals surface area contributed by atoms with Gasteiger partial charge in [-0.3, -0.25) is 4.90 Å². The molecule has 4 rings (SSSR count). The SMILES string of the molecule is Cc1ccc(CN2CCC(CNS(=O)(=O)c3ccc(-c4cc(C)no4)s3)CC2)cc1. The van der Waals surface area contributed by atoms with Crippen LogP contribution in [0, 0.1) is 19.8 Å². The number of benzene rings is 1. The Hall–Kier alpha value is -2.00. The average Bonchev–Trinajstić information content (AvgIpc) is 3.39. The van der Waals surface area contributed by atoms with Gasteiger partial charge in [0, 0.05) is 19.2 Å². The van der Waals surface area contributed by atoms with Crippen molar-refractivity contribution < 1.29 is 12.9 Å². The molecule has 8 heteroatoms. The number of rotatable bonds is 7. The number of thiophene rings is 1. The van der Waals surface area contributed by atoms with E-state index in [1.807, 2.05) is 6.92 Å². The molecule has 0 bridgehead atoms. The third-order valence-electron chi connectivity index (χ3n) is 5.51. The largest absolute Gasteiger partial charge is 0.355 e. The Labute approximate surface area is 182 Å². The molecule has 2 aromatic heterocycles. The van der Waals surface area contributed by atoms with E-state index in [1.54, 1.807) is 18.2 Å². The summed E-state index contributed by atoms with van der Waals surface area (Å²) >= 11 is 1.20. The van der Waals surface area contributed by atoms with Crippen LogP contribution in [0.1, 0.15) is 29.7 Å². The molecule has 3 heterocycles. The second-order valence-corrected chi connectivity index (χ2v) is 11.1. The number of aromatic nitrogens is 1.